The van der Waals surface area contributed by atoms with Crippen molar-refractivity contribution in [3.63, 3.8) is 0 Å². The molecular formula is C14H21NO2. The Bertz CT molecular complexity index is 317. The Labute approximate surface area is 103 Å². The topological polar surface area (TPSA) is 41.5 Å². The highest BCUT2D eigenvalue weighted by Gasteiger charge is 2.13. The van der Waals surface area contributed by atoms with Gasteiger partial charge in [-0.1, -0.05) is 12.1 Å². The minimum absolute atomic E-state index is 0.0650. The second kappa shape index (κ2) is 6.62. The molecule has 1 unspecified atom stereocenters. The van der Waals surface area contributed by atoms with Crippen molar-refractivity contribution in [2.24, 2.45) is 5.92 Å². The van der Waals surface area contributed by atoms with Crippen LogP contribution in [0.5, 0.6) is 5.75 Å². The predicted molar refractivity (Wildman–Crippen MR) is 68.3 cm³/mol. The monoisotopic (exact) mass is 235 g/mol. The Balaban J connectivity index is 1.84. The van der Waals surface area contributed by atoms with Crippen molar-refractivity contribution >= 4 is 0 Å². The van der Waals surface area contributed by atoms with Crippen LogP contribution in [0.4, 0.5) is 0 Å². The Hall–Kier alpha value is -1.06. The summed E-state index contributed by atoms with van der Waals surface area (Å²) >= 11 is 0. The maximum atomic E-state index is 8.67. The van der Waals surface area contributed by atoms with Crippen LogP contribution in [0.15, 0.2) is 24.3 Å². The molecule has 94 valence electrons. The highest BCUT2D eigenvalue weighted by atomic mass is 16.5. The van der Waals surface area contributed by atoms with E-state index in [9.17, 15) is 0 Å². The predicted octanol–water partition coefficient (Wildman–Crippen LogP) is 1.60. The third-order valence-electron chi connectivity index (χ3n) is 3.21. The van der Waals surface area contributed by atoms with Gasteiger partial charge in [-0.25, -0.2) is 0 Å². The van der Waals surface area contributed by atoms with Crippen LogP contribution in [0.1, 0.15) is 18.4 Å². The number of rotatable bonds is 5. The van der Waals surface area contributed by atoms with Crippen molar-refractivity contribution in [2.75, 3.05) is 26.3 Å². The largest absolute Gasteiger partial charge is 0.491 e. The third-order valence-corrected chi connectivity index (χ3v) is 3.21. The van der Waals surface area contributed by atoms with Gasteiger partial charge in [0.15, 0.2) is 0 Å². The van der Waals surface area contributed by atoms with E-state index in [0.717, 1.165) is 24.6 Å². The lowest BCUT2D eigenvalue weighted by Crippen LogP contribution is -2.30. The molecule has 3 nitrogen and oxygen atoms in total. The lowest BCUT2D eigenvalue weighted by atomic mass is 9.92. The Morgan fingerprint density at radius 3 is 2.76 bits per heavy atom. The zero-order chi connectivity index (χ0) is 11.9. The molecule has 0 bridgehead atoms. The van der Waals surface area contributed by atoms with Gasteiger partial charge in [0.2, 0.25) is 0 Å². The van der Waals surface area contributed by atoms with Gasteiger partial charge in [-0.05, 0) is 56.0 Å². The second-order valence-electron chi connectivity index (χ2n) is 4.63. The first-order chi connectivity index (χ1) is 8.38. The smallest absolute Gasteiger partial charge is 0.119 e. The molecule has 0 saturated carbocycles. The fourth-order valence-electron chi connectivity index (χ4n) is 2.32. The number of ether oxygens (including phenoxy) is 1. The van der Waals surface area contributed by atoms with Crippen molar-refractivity contribution in [3.05, 3.63) is 29.8 Å². The van der Waals surface area contributed by atoms with Crippen LogP contribution in [-0.2, 0) is 6.42 Å². The number of aliphatic hydroxyl groups is 1. The zero-order valence-corrected chi connectivity index (χ0v) is 10.2. The van der Waals surface area contributed by atoms with E-state index in [1.165, 1.54) is 24.9 Å². The van der Waals surface area contributed by atoms with Crippen LogP contribution in [0, 0.1) is 5.92 Å². The normalized spacial score (nSPS) is 20.2. The molecule has 2 rings (SSSR count). The molecule has 2 N–H and O–H groups in total. The highest BCUT2D eigenvalue weighted by Crippen LogP contribution is 2.18. The second-order valence-corrected chi connectivity index (χ2v) is 4.63. The molecule has 1 aromatic carbocycles. The zero-order valence-electron chi connectivity index (χ0n) is 10.2. The van der Waals surface area contributed by atoms with Crippen molar-refractivity contribution in [3.8, 4) is 5.75 Å². The van der Waals surface area contributed by atoms with Crippen molar-refractivity contribution in [1.82, 2.24) is 5.32 Å². The van der Waals surface area contributed by atoms with Crippen LogP contribution >= 0.6 is 0 Å². The summed E-state index contributed by atoms with van der Waals surface area (Å²) in [5, 5.41) is 12.1. The molecule has 1 atom stereocenters. The van der Waals surface area contributed by atoms with Gasteiger partial charge in [0.1, 0.15) is 12.4 Å². The van der Waals surface area contributed by atoms with E-state index in [-0.39, 0.29) is 6.61 Å². The van der Waals surface area contributed by atoms with Gasteiger partial charge < -0.3 is 15.2 Å². The fourth-order valence-corrected chi connectivity index (χ4v) is 2.32. The lowest BCUT2D eigenvalue weighted by Gasteiger charge is -2.22. The first-order valence-corrected chi connectivity index (χ1v) is 6.42. The van der Waals surface area contributed by atoms with Gasteiger partial charge in [0.05, 0.1) is 6.61 Å². The molecule has 0 spiro atoms. The van der Waals surface area contributed by atoms with E-state index in [1.54, 1.807) is 0 Å². The van der Waals surface area contributed by atoms with E-state index in [1.807, 2.05) is 12.1 Å². The lowest BCUT2D eigenvalue weighted by molar-refractivity contribution is 0.201. The van der Waals surface area contributed by atoms with E-state index in [2.05, 4.69) is 17.4 Å². The maximum Gasteiger partial charge on any atom is 0.119 e. The molecule has 1 heterocycles. The Morgan fingerprint density at radius 2 is 2.12 bits per heavy atom. The molecule has 17 heavy (non-hydrogen) atoms. The molecule has 1 aromatic rings. The first-order valence-electron chi connectivity index (χ1n) is 6.42. The van der Waals surface area contributed by atoms with E-state index in [0.29, 0.717) is 6.61 Å². The number of nitrogens with one attached hydrogen (secondary N) is 1. The average molecular weight is 235 g/mol. The standard InChI is InChI=1S/C14H21NO2/c16-8-9-17-14-5-3-12(4-6-14)10-13-2-1-7-15-11-13/h3-6,13,15-16H,1-2,7-11H2. The van der Waals surface area contributed by atoms with Gasteiger partial charge in [0, 0.05) is 0 Å². The molecule has 1 saturated heterocycles. The summed E-state index contributed by atoms with van der Waals surface area (Å²) in [7, 11) is 0. The summed E-state index contributed by atoms with van der Waals surface area (Å²) in [6.07, 6.45) is 3.77. The Morgan fingerprint density at radius 1 is 1.29 bits per heavy atom. The fraction of sp³-hybridized carbons (Fsp3) is 0.571. The van der Waals surface area contributed by atoms with Gasteiger partial charge in [-0.15, -0.1) is 0 Å². The molecule has 0 aliphatic carbocycles. The van der Waals surface area contributed by atoms with Crippen LogP contribution in [0.25, 0.3) is 0 Å². The maximum absolute atomic E-state index is 8.67. The van der Waals surface area contributed by atoms with E-state index < -0.39 is 0 Å². The van der Waals surface area contributed by atoms with Crippen LogP contribution < -0.4 is 10.1 Å². The molecule has 1 fully saturated rings. The number of benzene rings is 1. The van der Waals surface area contributed by atoms with Gasteiger partial charge >= 0.3 is 0 Å². The summed E-state index contributed by atoms with van der Waals surface area (Å²) in [6.45, 7) is 2.74. The van der Waals surface area contributed by atoms with Crippen molar-refractivity contribution in [2.45, 2.75) is 19.3 Å². The summed E-state index contributed by atoms with van der Waals surface area (Å²) in [4.78, 5) is 0. The van der Waals surface area contributed by atoms with Gasteiger partial charge in [0.25, 0.3) is 0 Å². The van der Waals surface area contributed by atoms with Crippen LogP contribution in [0.2, 0.25) is 0 Å². The van der Waals surface area contributed by atoms with E-state index >= 15 is 0 Å². The first kappa shape index (κ1) is 12.4. The average Bonchev–Trinajstić information content (AvgIpc) is 2.39. The van der Waals surface area contributed by atoms with Gasteiger partial charge in [-0.3, -0.25) is 0 Å². The molecule has 3 heteroatoms. The van der Waals surface area contributed by atoms with Gasteiger partial charge in [-0.2, -0.15) is 0 Å². The number of hydrogen-bond acceptors (Lipinski definition) is 3. The number of piperidine rings is 1. The van der Waals surface area contributed by atoms with E-state index in [4.69, 9.17) is 9.84 Å². The summed E-state index contributed by atoms with van der Waals surface area (Å²) in [5.41, 5.74) is 1.37. The number of hydrogen-bond donors (Lipinski definition) is 2. The minimum atomic E-state index is 0.0650. The molecule has 0 radical (unpaired) electrons. The summed E-state index contributed by atoms with van der Waals surface area (Å²) in [6, 6.07) is 8.23. The third kappa shape index (κ3) is 4.02. The molecule has 1 aliphatic rings. The highest BCUT2D eigenvalue weighted by molar-refractivity contribution is 5.27. The van der Waals surface area contributed by atoms with Crippen molar-refractivity contribution in [1.29, 1.82) is 0 Å². The van der Waals surface area contributed by atoms with Crippen LogP contribution in [-0.4, -0.2) is 31.4 Å². The molecule has 0 amide bonds. The quantitative estimate of drug-likeness (QED) is 0.814. The number of aliphatic hydroxyl groups excluding tert-OH is 1. The summed E-state index contributed by atoms with van der Waals surface area (Å²) in [5.74, 6) is 1.61. The molecular weight excluding hydrogens is 214 g/mol. The van der Waals surface area contributed by atoms with Crippen LogP contribution in [0.3, 0.4) is 0 Å². The molecule has 1 aliphatic heterocycles. The van der Waals surface area contributed by atoms with Crippen molar-refractivity contribution < 1.29 is 9.84 Å². The molecule has 0 aromatic heterocycles. The minimum Gasteiger partial charge on any atom is -0.491 e. The SMILES string of the molecule is OCCOc1ccc(CC2CCCNC2)cc1. The Kier molecular flexibility index (Phi) is 4.83. The summed E-state index contributed by atoms with van der Waals surface area (Å²) < 4.78 is 5.34.